The van der Waals surface area contributed by atoms with Crippen LogP contribution in [0.25, 0.3) is 0 Å². The van der Waals surface area contributed by atoms with Crippen molar-refractivity contribution < 1.29 is 4.79 Å². The molecule has 116 valence electrons. The molecule has 0 aromatic carbocycles. The Balaban J connectivity index is 1.67. The zero-order valence-electron chi connectivity index (χ0n) is 12.0. The molecule has 1 atom stereocenters. The third-order valence-electron chi connectivity index (χ3n) is 4.02. The molecule has 3 rings (SSSR count). The zero-order valence-corrected chi connectivity index (χ0v) is 12.8. The molecule has 2 fully saturated rings. The second-order valence-corrected chi connectivity index (χ2v) is 6.68. The van der Waals surface area contributed by atoms with Crippen LogP contribution in [0.4, 0.5) is 10.9 Å². The van der Waals surface area contributed by atoms with E-state index in [9.17, 15) is 4.79 Å². The van der Waals surface area contributed by atoms with Crippen molar-refractivity contribution in [1.29, 1.82) is 0 Å². The number of nitrogens with one attached hydrogen (secondary N) is 2. The van der Waals surface area contributed by atoms with E-state index < -0.39 is 0 Å². The lowest BCUT2D eigenvalue weighted by Gasteiger charge is -2.23. The van der Waals surface area contributed by atoms with Crippen LogP contribution >= 0.6 is 11.3 Å². The van der Waals surface area contributed by atoms with Gasteiger partial charge in [0.25, 0.3) is 5.91 Å². The standard InChI is InChI=1S/C13H22N6OS/c14-8-3-6-19(7-8)13-18-11(15)10(21-13)12(20)17-9-1-4-16-5-2-9/h8-9,16H,1-7,14-15H2,(H,17,20). The van der Waals surface area contributed by atoms with Gasteiger partial charge < -0.3 is 27.0 Å². The Kier molecular flexibility index (Phi) is 4.27. The Labute approximate surface area is 128 Å². The molecule has 0 aliphatic carbocycles. The molecular formula is C13H22N6OS. The predicted molar refractivity (Wildman–Crippen MR) is 84.7 cm³/mol. The smallest absolute Gasteiger partial charge is 0.265 e. The van der Waals surface area contributed by atoms with Crippen molar-refractivity contribution in [3.05, 3.63) is 4.88 Å². The third-order valence-corrected chi connectivity index (χ3v) is 5.15. The minimum absolute atomic E-state index is 0.105. The third kappa shape index (κ3) is 3.28. The van der Waals surface area contributed by atoms with E-state index in [1.54, 1.807) is 0 Å². The summed E-state index contributed by atoms with van der Waals surface area (Å²) >= 11 is 1.36. The molecule has 1 aromatic heterocycles. The van der Waals surface area contributed by atoms with Gasteiger partial charge in [0, 0.05) is 25.2 Å². The van der Waals surface area contributed by atoms with Crippen molar-refractivity contribution in [2.24, 2.45) is 5.73 Å². The number of anilines is 2. The average molecular weight is 310 g/mol. The molecule has 7 nitrogen and oxygen atoms in total. The van der Waals surface area contributed by atoms with Crippen molar-refractivity contribution in [1.82, 2.24) is 15.6 Å². The minimum Gasteiger partial charge on any atom is -0.382 e. The monoisotopic (exact) mass is 310 g/mol. The van der Waals surface area contributed by atoms with Crippen LogP contribution in [0.3, 0.4) is 0 Å². The summed E-state index contributed by atoms with van der Waals surface area (Å²) in [6.07, 6.45) is 2.87. The molecule has 3 heterocycles. The van der Waals surface area contributed by atoms with Crippen molar-refractivity contribution in [3.8, 4) is 0 Å². The molecule has 8 heteroatoms. The fraction of sp³-hybridized carbons (Fsp3) is 0.692. The summed E-state index contributed by atoms with van der Waals surface area (Å²) in [5.74, 6) is 0.216. The molecule has 2 saturated heterocycles. The highest BCUT2D eigenvalue weighted by atomic mass is 32.1. The molecule has 2 aliphatic rings. The first-order chi connectivity index (χ1) is 10.1. The van der Waals surface area contributed by atoms with Crippen LogP contribution < -0.4 is 27.0 Å². The normalized spacial score (nSPS) is 23.5. The van der Waals surface area contributed by atoms with Crippen LogP contribution in [0.1, 0.15) is 28.9 Å². The number of aromatic nitrogens is 1. The lowest BCUT2D eigenvalue weighted by atomic mass is 10.1. The van der Waals surface area contributed by atoms with Crippen molar-refractivity contribution >= 4 is 28.2 Å². The lowest BCUT2D eigenvalue weighted by Crippen LogP contribution is -2.42. The van der Waals surface area contributed by atoms with Gasteiger partial charge in [0.2, 0.25) is 0 Å². The Morgan fingerprint density at radius 1 is 1.38 bits per heavy atom. The first kappa shape index (κ1) is 14.6. The molecule has 6 N–H and O–H groups in total. The fourth-order valence-corrected chi connectivity index (χ4v) is 3.72. The molecule has 21 heavy (non-hydrogen) atoms. The van der Waals surface area contributed by atoms with E-state index in [0.29, 0.717) is 10.7 Å². The van der Waals surface area contributed by atoms with Crippen LogP contribution in [-0.4, -0.2) is 49.2 Å². The van der Waals surface area contributed by atoms with E-state index in [2.05, 4.69) is 20.5 Å². The highest BCUT2D eigenvalue weighted by Crippen LogP contribution is 2.30. The van der Waals surface area contributed by atoms with Crippen LogP contribution in [0.15, 0.2) is 0 Å². The van der Waals surface area contributed by atoms with E-state index in [4.69, 9.17) is 11.5 Å². The van der Waals surface area contributed by atoms with Crippen molar-refractivity contribution in [2.45, 2.75) is 31.3 Å². The van der Waals surface area contributed by atoms with E-state index in [0.717, 1.165) is 50.6 Å². The van der Waals surface area contributed by atoms with E-state index in [1.807, 2.05) is 0 Å². The molecular weight excluding hydrogens is 288 g/mol. The highest BCUT2D eigenvalue weighted by molar-refractivity contribution is 7.18. The Morgan fingerprint density at radius 2 is 2.14 bits per heavy atom. The SMILES string of the molecule is Nc1nc(N2CCC(N)C2)sc1C(=O)NC1CCNCC1. The van der Waals surface area contributed by atoms with E-state index in [-0.39, 0.29) is 18.0 Å². The maximum atomic E-state index is 12.3. The topological polar surface area (TPSA) is 109 Å². The maximum Gasteiger partial charge on any atom is 0.265 e. The number of thiazole rings is 1. The van der Waals surface area contributed by atoms with Crippen LogP contribution in [0.5, 0.6) is 0 Å². The molecule has 0 bridgehead atoms. The van der Waals surface area contributed by atoms with E-state index >= 15 is 0 Å². The highest BCUT2D eigenvalue weighted by Gasteiger charge is 2.26. The van der Waals surface area contributed by atoms with Gasteiger partial charge in [-0.3, -0.25) is 4.79 Å². The average Bonchev–Trinajstić information content (AvgIpc) is 3.06. The fourth-order valence-electron chi connectivity index (χ4n) is 2.80. The summed E-state index contributed by atoms with van der Waals surface area (Å²) in [4.78, 5) is 19.3. The number of nitrogen functional groups attached to an aromatic ring is 1. The number of hydrogen-bond acceptors (Lipinski definition) is 7. The maximum absolute atomic E-state index is 12.3. The molecule has 2 aliphatic heterocycles. The van der Waals surface area contributed by atoms with Gasteiger partial charge in [0.15, 0.2) is 5.13 Å². The lowest BCUT2D eigenvalue weighted by molar-refractivity contribution is 0.0934. The number of carbonyl (C=O) groups is 1. The van der Waals surface area contributed by atoms with Gasteiger partial charge in [-0.15, -0.1) is 0 Å². The van der Waals surface area contributed by atoms with Gasteiger partial charge in [-0.1, -0.05) is 11.3 Å². The Hall–Kier alpha value is -1.38. The molecule has 0 spiro atoms. The van der Waals surface area contributed by atoms with Gasteiger partial charge in [0.05, 0.1) is 0 Å². The zero-order chi connectivity index (χ0) is 14.8. The van der Waals surface area contributed by atoms with Gasteiger partial charge >= 0.3 is 0 Å². The first-order valence-corrected chi connectivity index (χ1v) is 8.23. The molecule has 1 unspecified atom stereocenters. The number of rotatable bonds is 3. The van der Waals surface area contributed by atoms with Crippen molar-refractivity contribution in [3.63, 3.8) is 0 Å². The molecule has 1 amide bonds. The van der Waals surface area contributed by atoms with Gasteiger partial charge in [0.1, 0.15) is 10.7 Å². The Bertz CT molecular complexity index is 513. The number of hydrogen-bond donors (Lipinski definition) is 4. The van der Waals surface area contributed by atoms with Gasteiger partial charge in [-0.25, -0.2) is 4.98 Å². The van der Waals surface area contributed by atoms with E-state index in [1.165, 1.54) is 11.3 Å². The summed E-state index contributed by atoms with van der Waals surface area (Å²) in [5, 5.41) is 7.14. The molecule has 0 saturated carbocycles. The second-order valence-electron chi connectivity index (χ2n) is 5.70. The predicted octanol–water partition coefficient (Wildman–Crippen LogP) is -0.255. The molecule has 1 aromatic rings. The molecule has 0 radical (unpaired) electrons. The first-order valence-electron chi connectivity index (χ1n) is 7.42. The van der Waals surface area contributed by atoms with Crippen LogP contribution in [0, 0.1) is 0 Å². The largest absolute Gasteiger partial charge is 0.382 e. The number of piperidine rings is 1. The number of nitrogens with two attached hydrogens (primary N) is 2. The van der Waals surface area contributed by atoms with Crippen LogP contribution in [0.2, 0.25) is 0 Å². The minimum atomic E-state index is -0.105. The number of nitrogens with zero attached hydrogens (tertiary/aromatic N) is 2. The summed E-state index contributed by atoms with van der Waals surface area (Å²) in [7, 11) is 0. The van der Waals surface area contributed by atoms with Crippen LogP contribution in [-0.2, 0) is 0 Å². The summed E-state index contributed by atoms with van der Waals surface area (Å²) < 4.78 is 0. The van der Waals surface area contributed by atoms with Gasteiger partial charge in [-0.05, 0) is 32.4 Å². The van der Waals surface area contributed by atoms with Gasteiger partial charge in [-0.2, -0.15) is 0 Å². The second kappa shape index (κ2) is 6.17. The quantitative estimate of drug-likeness (QED) is 0.613. The number of carbonyl (C=O) groups excluding carboxylic acids is 1. The summed E-state index contributed by atoms with van der Waals surface area (Å²) in [5.41, 5.74) is 11.8. The Morgan fingerprint density at radius 3 is 2.81 bits per heavy atom. The summed E-state index contributed by atoms with van der Waals surface area (Å²) in [6, 6.07) is 0.408. The summed E-state index contributed by atoms with van der Waals surface area (Å²) in [6.45, 7) is 3.55. The number of amides is 1. The van der Waals surface area contributed by atoms with Crippen molar-refractivity contribution in [2.75, 3.05) is 36.8 Å².